The monoisotopic (exact) mass is 286 g/mol. The van der Waals surface area contributed by atoms with Crippen molar-refractivity contribution in [2.75, 3.05) is 33.4 Å². The minimum atomic E-state index is -0.391. The van der Waals surface area contributed by atoms with E-state index in [2.05, 4.69) is 5.32 Å². The number of hydrogen-bond donors (Lipinski definition) is 1. The first kappa shape index (κ1) is 16.8. The predicted octanol–water partition coefficient (Wildman–Crippen LogP) is 1.40. The smallest absolute Gasteiger partial charge is 0.410 e. The summed E-state index contributed by atoms with van der Waals surface area (Å²) in [5.41, 5.74) is 0. The van der Waals surface area contributed by atoms with Gasteiger partial charge in [0.05, 0.1) is 6.61 Å². The maximum absolute atomic E-state index is 12.1. The lowest BCUT2D eigenvalue weighted by molar-refractivity contribution is -0.125. The average molecular weight is 286 g/mol. The molecular formula is C14H26N2O4. The Morgan fingerprint density at radius 3 is 2.80 bits per heavy atom. The van der Waals surface area contributed by atoms with Crippen molar-refractivity contribution < 1.29 is 19.1 Å². The number of carbonyl (C=O) groups is 2. The topological polar surface area (TPSA) is 67.9 Å². The van der Waals surface area contributed by atoms with Crippen LogP contribution in [0.3, 0.4) is 0 Å². The van der Waals surface area contributed by atoms with Crippen LogP contribution in [-0.2, 0) is 14.3 Å². The number of methoxy groups -OCH3 is 1. The molecule has 1 rings (SSSR count). The third kappa shape index (κ3) is 5.36. The molecule has 6 nitrogen and oxygen atoms in total. The first-order valence-electron chi connectivity index (χ1n) is 7.26. The molecule has 116 valence electrons. The van der Waals surface area contributed by atoms with Gasteiger partial charge < -0.3 is 14.8 Å². The fraction of sp³-hybridized carbons (Fsp3) is 0.857. The van der Waals surface area contributed by atoms with Crippen LogP contribution >= 0.6 is 0 Å². The van der Waals surface area contributed by atoms with Crippen molar-refractivity contribution in [3.05, 3.63) is 0 Å². The second-order valence-electron chi connectivity index (χ2n) is 5.46. The standard InChI is InChI=1S/C14H26N2O4/c1-11(2)10-20-14(18)16-8-4-6-12(16)13(17)15-7-5-9-19-3/h11-12H,4-10H2,1-3H3,(H,15,17). The first-order valence-corrected chi connectivity index (χ1v) is 7.26. The third-order valence-electron chi connectivity index (χ3n) is 3.15. The molecule has 20 heavy (non-hydrogen) atoms. The highest BCUT2D eigenvalue weighted by Crippen LogP contribution is 2.18. The molecular weight excluding hydrogens is 260 g/mol. The van der Waals surface area contributed by atoms with E-state index in [-0.39, 0.29) is 12.0 Å². The van der Waals surface area contributed by atoms with Crippen molar-refractivity contribution in [2.45, 2.75) is 39.2 Å². The number of rotatable bonds is 7. The van der Waals surface area contributed by atoms with Crippen LogP contribution in [0.25, 0.3) is 0 Å². The molecule has 1 fully saturated rings. The van der Waals surface area contributed by atoms with Gasteiger partial charge in [-0.05, 0) is 25.2 Å². The lowest BCUT2D eigenvalue weighted by Gasteiger charge is -2.23. The Balaban J connectivity index is 2.39. The van der Waals surface area contributed by atoms with Crippen molar-refractivity contribution in [3.63, 3.8) is 0 Å². The van der Waals surface area contributed by atoms with Gasteiger partial charge in [-0.15, -0.1) is 0 Å². The van der Waals surface area contributed by atoms with E-state index in [9.17, 15) is 9.59 Å². The SMILES string of the molecule is COCCCNC(=O)C1CCCN1C(=O)OCC(C)C. The van der Waals surface area contributed by atoms with E-state index in [1.807, 2.05) is 13.8 Å². The van der Waals surface area contributed by atoms with Crippen LogP contribution in [0.15, 0.2) is 0 Å². The average Bonchev–Trinajstić information content (AvgIpc) is 2.90. The van der Waals surface area contributed by atoms with E-state index >= 15 is 0 Å². The van der Waals surface area contributed by atoms with E-state index in [1.165, 1.54) is 4.90 Å². The zero-order valence-electron chi connectivity index (χ0n) is 12.7. The van der Waals surface area contributed by atoms with Crippen LogP contribution in [0.1, 0.15) is 33.1 Å². The fourth-order valence-electron chi connectivity index (χ4n) is 2.12. The molecule has 0 aromatic heterocycles. The third-order valence-corrected chi connectivity index (χ3v) is 3.15. The lowest BCUT2D eigenvalue weighted by atomic mass is 10.2. The van der Waals surface area contributed by atoms with E-state index < -0.39 is 6.04 Å². The summed E-state index contributed by atoms with van der Waals surface area (Å²) >= 11 is 0. The van der Waals surface area contributed by atoms with E-state index in [4.69, 9.17) is 9.47 Å². The summed E-state index contributed by atoms with van der Waals surface area (Å²) in [5.74, 6) is 0.197. The van der Waals surface area contributed by atoms with Gasteiger partial charge in [0.25, 0.3) is 0 Å². The van der Waals surface area contributed by atoms with Gasteiger partial charge in [-0.25, -0.2) is 4.79 Å². The Morgan fingerprint density at radius 1 is 1.40 bits per heavy atom. The summed E-state index contributed by atoms with van der Waals surface area (Å²) < 4.78 is 10.1. The molecule has 0 aromatic rings. The summed E-state index contributed by atoms with van der Waals surface area (Å²) in [6.45, 7) is 6.13. The van der Waals surface area contributed by atoms with Gasteiger partial charge in [0.1, 0.15) is 6.04 Å². The highest BCUT2D eigenvalue weighted by molar-refractivity contribution is 5.86. The lowest BCUT2D eigenvalue weighted by Crippen LogP contribution is -2.46. The molecule has 0 radical (unpaired) electrons. The van der Waals surface area contributed by atoms with Crippen LogP contribution < -0.4 is 5.32 Å². The van der Waals surface area contributed by atoms with Crippen LogP contribution in [0, 0.1) is 5.92 Å². The van der Waals surface area contributed by atoms with Gasteiger partial charge in [0.2, 0.25) is 5.91 Å². The number of carbonyl (C=O) groups excluding carboxylic acids is 2. The summed E-state index contributed by atoms with van der Waals surface area (Å²) in [5, 5.41) is 2.84. The number of ether oxygens (including phenoxy) is 2. The minimum absolute atomic E-state index is 0.0971. The number of nitrogens with one attached hydrogen (secondary N) is 1. The number of likely N-dealkylation sites (tertiary alicyclic amines) is 1. The summed E-state index contributed by atoms with van der Waals surface area (Å²) in [6.07, 6.45) is 1.93. The van der Waals surface area contributed by atoms with Crippen LogP contribution in [0.4, 0.5) is 4.79 Å². The highest BCUT2D eigenvalue weighted by Gasteiger charge is 2.34. The minimum Gasteiger partial charge on any atom is -0.449 e. The largest absolute Gasteiger partial charge is 0.449 e. The zero-order chi connectivity index (χ0) is 15.0. The van der Waals surface area contributed by atoms with Crippen molar-refractivity contribution in [1.29, 1.82) is 0 Å². The van der Waals surface area contributed by atoms with Gasteiger partial charge in [-0.2, -0.15) is 0 Å². The molecule has 1 heterocycles. The summed E-state index contributed by atoms with van der Waals surface area (Å²) in [6, 6.07) is -0.391. The van der Waals surface area contributed by atoms with Gasteiger partial charge in [0, 0.05) is 26.8 Å². The molecule has 1 N–H and O–H groups in total. The van der Waals surface area contributed by atoms with E-state index in [1.54, 1.807) is 7.11 Å². The van der Waals surface area contributed by atoms with E-state index in [0.29, 0.717) is 38.6 Å². The summed E-state index contributed by atoms with van der Waals surface area (Å²) in [4.78, 5) is 25.5. The first-order chi connectivity index (χ1) is 9.56. The molecule has 2 amide bonds. The highest BCUT2D eigenvalue weighted by atomic mass is 16.6. The summed E-state index contributed by atoms with van der Waals surface area (Å²) in [7, 11) is 1.63. The Labute approximate surface area is 120 Å². The fourth-order valence-corrected chi connectivity index (χ4v) is 2.12. The predicted molar refractivity (Wildman–Crippen MR) is 75.4 cm³/mol. The maximum Gasteiger partial charge on any atom is 0.410 e. The molecule has 0 aliphatic carbocycles. The van der Waals surface area contributed by atoms with Crippen molar-refractivity contribution in [2.24, 2.45) is 5.92 Å². The molecule has 0 saturated carbocycles. The molecule has 0 spiro atoms. The Bertz CT molecular complexity index is 320. The molecule has 6 heteroatoms. The Hall–Kier alpha value is -1.30. The van der Waals surface area contributed by atoms with Gasteiger partial charge in [-0.3, -0.25) is 9.69 Å². The maximum atomic E-state index is 12.1. The van der Waals surface area contributed by atoms with Crippen molar-refractivity contribution in [3.8, 4) is 0 Å². The van der Waals surface area contributed by atoms with Gasteiger partial charge in [0.15, 0.2) is 0 Å². The molecule has 0 bridgehead atoms. The molecule has 1 aliphatic heterocycles. The van der Waals surface area contributed by atoms with Crippen LogP contribution in [0.2, 0.25) is 0 Å². The molecule has 1 unspecified atom stereocenters. The van der Waals surface area contributed by atoms with Crippen LogP contribution in [-0.4, -0.2) is 56.4 Å². The van der Waals surface area contributed by atoms with Gasteiger partial charge in [-0.1, -0.05) is 13.8 Å². The molecule has 1 atom stereocenters. The number of hydrogen-bond acceptors (Lipinski definition) is 4. The van der Waals surface area contributed by atoms with Gasteiger partial charge >= 0.3 is 6.09 Å². The Kier molecular flexibility index (Phi) is 7.36. The molecule has 1 aliphatic rings. The van der Waals surface area contributed by atoms with Crippen molar-refractivity contribution >= 4 is 12.0 Å². The second-order valence-corrected chi connectivity index (χ2v) is 5.46. The van der Waals surface area contributed by atoms with Crippen molar-refractivity contribution in [1.82, 2.24) is 10.2 Å². The molecule has 1 saturated heterocycles. The molecule has 0 aromatic carbocycles. The Morgan fingerprint density at radius 2 is 2.15 bits per heavy atom. The van der Waals surface area contributed by atoms with Crippen LogP contribution in [0.5, 0.6) is 0 Å². The quantitative estimate of drug-likeness (QED) is 0.718. The normalized spacial score (nSPS) is 18.4. The zero-order valence-corrected chi connectivity index (χ0v) is 12.7. The number of amides is 2. The number of nitrogens with zero attached hydrogens (tertiary/aromatic N) is 1. The van der Waals surface area contributed by atoms with E-state index in [0.717, 1.165) is 12.8 Å². The second kappa shape index (κ2) is 8.79.